The molecule has 4 heteroatoms. The number of Topliss-reactive ketones (excluding diaryl/α,β-unsaturated/α-hetero) is 1. The van der Waals surface area contributed by atoms with E-state index in [-0.39, 0.29) is 5.78 Å². The highest BCUT2D eigenvalue weighted by atomic mass is 35.5. The van der Waals surface area contributed by atoms with Gasteiger partial charge in [-0.25, -0.2) is 0 Å². The zero-order chi connectivity index (χ0) is 12.3. The molecular weight excluding hydrogens is 247 g/mol. The molecule has 88 valence electrons. The number of rotatable bonds is 4. The maximum atomic E-state index is 11.8. The highest BCUT2D eigenvalue weighted by Crippen LogP contribution is 2.26. The summed E-state index contributed by atoms with van der Waals surface area (Å²) in [6.07, 6.45) is 0. The second-order valence-electron chi connectivity index (χ2n) is 3.78. The SMILES string of the molecule is COc1ccc(C(C)C)cc1C(=O)C(Cl)Cl. The van der Waals surface area contributed by atoms with Crippen molar-refractivity contribution in [3.63, 3.8) is 0 Å². The first-order valence-electron chi connectivity index (χ1n) is 4.97. The van der Waals surface area contributed by atoms with Gasteiger partial charge in [-0.3, -0.25) is 4.79 Å². The first-order valence-corrected chi connectivity index (χ1v) is 5.85. The van der Waals surface area contributed by atoms with Gasteiger partial charge in [0, 0.05) is 0 Å². The quantitative estimate of drug-likeness (QED) is 0.608. The van der Waals surface area contributed by atoms with Crippen molar-refractivity contribution in [2.75, 3.05) is 7.11 Å². The van der Waals surface area contributed by atoms with E-state index in [9.17, 15) is 4.79 Å². The Kier molecular flexibility index (Phi) is 4.63. The molecule has 0 bridgehead atoms. The predicted molar refractivity (Wildman–Crippen MR) is 66.9 cm³/mol. The normalized spacial score (nSPS) is 10.9. The van der Waals surface area contributed by atoms with Gasteiger partial charge >= 0.3 is 0 Å². The number of benzene rings is 1. The molecule has 16 heavy (non-hydrogen) atoms. The smallest absolute Gasteiger partial charge is 0.199 e. The molecule has 0 heterocycles. The number of methoxy groups -OCH3 is 1. The van der Waals surface area contributed by atoms with Gasteiger partial charge in [0.15, 0.2) is 10.6 Å². The van der Waals surface area contributed by atoms with Gasteiger partial charge in [-0.2, -0.15) is 0 Å². The monoisotopic (exact) mass is 260 g/mol. The Hall–Kier alpha value is -0.730. The van der Waals surface area contributed by atoms with E-state index in [0.717, 1.165) is 5.56 Å². The van der Waals surface area contributed by atoms with Crippen LogP contribution in [0, 0.1) is 0 Å². The summed E-state index contributed by atoms with van der Waals surface area (Å²) in [7, 11) is 1.51. The topological polar surface area (TPSA) is 26.3 Å². The molecule has 0 fully saturated rings. The van der Waals surface area contributed by atoms with Gasteiger partial charge in [-0.1, -0.05) is 43.1 Å². The van der Waals surface area contributed by atoms with Gasteiger partial charge in [0.1, 0.15) is 5.75 Å². The Balaban J connectivity index is 3.22. The van der Waals surface area contributed by atoms with Crippen molar-refractivity contribution in [1.29, 1.82) is 0 Å². The molecule has 0 aliphatic carbocycles. The van der Waals surface area contributed by atoms with Crippen molar-refractivity contribution in [3.05, 3.63) is 29.3 Å². The van der Waals surface area contributed by atoms with Crippen molar-refractivity contribution in [3.8, 4) is 5.75 Å². The maximum Gasteiger partial charge on any atom is 0.199 e. The summed E-state index contributed by atoms with van der Waals surface area (Å²) in [5.41, 5.74) is 1.49. The molecule has 0 aromatic heterocycles. The summed E-state index contributed by atoms with van der Waals surface area (Å²) in [6.45, 7) is 4.10. The van der Waals surface area contributed by atoms with E-state index >= 15 is 0 Å². The van der Waals surface area contributed by atoms with Crippen LogP contribution in [0.2, 0.25) is 0 Å². The molecule has 0 aliphatic rings. The van der Waals surface area contributed by atoms with Crippen LogP contribution in [0.15, 0.2) is 18.2 Å². The fraction of sp³-hybridized carbons (Fsp3) is 0.417. The largest absolute Gasteiger partial charge is 0.496 e. The Bertz CT molecular complexity index is 387. The summed E-state index contributed by atoms with van der Waals surface area (Å²) in [5, 5.41) is 0. The molecule has 0 spiro atoms. The molecule has 0 amide bonds. The minimum Gasteiger partial charge on any atom is -0.496 e. The zero-order valence-corrected chi connectivity index (χ0v) is 11.0. The van der Waals surface area contributed by atoms with Crippen molar-refractivity contribution in [2.24, 2.45) is 0 Å². The predicted octanol–water partition coefficient (Wildman–Crippen LogP) is 3.81. The average molecular weight is 261 g/mol. The van der Waals surface area contributed by atoms with E-state index < -0.39 is 4.84 Å². The highest BCUT2D eigenvalue weighted by Gasteiger charge is 2.19. The van der Waals surface area contributed by atoms with Crippen LogP contribution in [-0.4, -0.2) is 17.7 Å². The molecular formula is C12H14Cl2O2. The third-order valence-corrected chi connectivity index (χ3v) is 2.75. The van der Waals surface area contributed by atoms with Crippen LogP contribution in [0.5, 0.6) is 5.75 Å². The number of alkyl halides is 2. The average Bonchev–Trinajstić information content (AvgIpc) is 2.26. The Morgan fingerprint density at radius 1 is 1.31 bits per heavy atom. The number of ketones is 1. The molecule has 0 N–H and O–H groups in total. The van der Waals surface area contributed by atoms with E-state index in [2.05, 4.69) is 13.8 Å². The minimum atomic E-state index is -1.06. The minimum absolute atomic E-state index is 0.331. The van der Waals surface area contributed by atoms with Gasteiger partial charge in [0.05, 0.1) is 12.7 Å². The number of ether oxygens (including phenoxy) is 1. The maximum absolute atomic E-state index is 11.8. The summed E-state index contributed by atoms with van der Waals surface area (Å²) in [5.74, 6) is 0.505. The van der Waals surface area contributed by atoms with Crippen LogP contribution in [0.1, 0.15) is 35.7 Å². The first kappa shape index (κ1) is 13.3. The van der Waals surface area contributed by atoms with Crippen molar-refractivity contribution in [1.82, 2.24) is 0 Å². The van der Waals surface area contributed by atoms with Crippen LogP contribution in [0.4, 0.5) is 0 Å². The van der Waals surface area contributed by atoms with Crippen LogP contribution in [0.25, 0.3) is 0 Å². The molecule has 1 aromatic carbocycles. The fourth-order valence-corrected chi connectivity index (χ4v) is 1.63. The third kappa shape index (κ3) is 2.89. The molecule has 0 aliphatic heterocycles. The molecule has 1 aromatic rings. The lowest BCUT2D eigenvalue weighted by Gasteiger charge is -2.12. The molecule has 0 radical (unpaired) electrons. The summed E-state index contributed by atoms with van der Waals surface area (Å²) in [4.78, 5) is 10.7. The van der Waals surface area contributed by atoms with Gasteiger partial charge in [0.25, 0.3) is 0 Å². The standard InChI is InChI=1S/C12H14Cl2O2/c1-7(2)8-4-5-10(16-3)9(6-8)11(15)12(13)14/h4-7,12H,1-3H3. The molecule has 0 saturated heterocycles. The van der Waals surface area contributed by atoms with E-state index in [1.807, 2.05) is 6.07 Å². The molecule has 2 nitrogen and oxygen atoms in total. The van der Waals surface area contributed by atoms with Gasteiger partial charge in [-0.05, 0) is 23.6 Å². The lowest BCUT2D eigenvalue weighted by molar-refractivity contribution is 0.100. The van der Waals surface area contributed by atoms with Crippen LogP contribution in [0.3, 0.4) is 0 Å². The molecule has 0 saturated carbocycles. The van der Waals surface area contributed by atoms with Crippen molar-refractivity contribution >= 4 is 29.0 Å². The van der Waals surface area contributed by atoms with E-state index in [4.69, 9.17) is 27.9 Å². The van der Waals surface area contributed by atoms with Crippen LogP contribution in [-0.2, 0) is 0 Å². The Morgan fingerprint density at radius 3 is 2.38 bits per heavy atom. The van der Waals surface area contributed by atoms with E-state index in [0.29, 0.717) is 17.2 Å². The fourth-order valence-electron chi connectivity index (χ4n) is 1.39. The lowest BCUT2D eigenvalue weighted by Crippen LogP contribution is -2.10. The Labute approximate surface area is 106 Å². The Morgan fingerprint density at radius 2 is 1.94 bits per heavy atom. The summed E-state index contributed by atoms with van der Waals surface area (Å²) in [6, 6.07) is 5.47. The zero-order valence-electron chi connectivity index (χ0n) is 9.46. The van der Waals surface area contributed by atoms with E-state index in [1.54, 1.807) is 12.1 Å². The van der Waals surface area contributed by atoms with Gasteiger partial charge in [-0.15, -0.1) is 0 Å². The number of carbonyl (C=O) groups is 1. The number of hydrogen-bond donors (Lipinski definition) is 0. The molecule has 1 rings (SSSR count). The van der Waals surface area contributed by atoms with Crippen LogP contribution >= 0.6 is 23.2 Å². The first-order chi connectivity index (χ1) is 7.47. The second-order valence-corrected chi connectivity index (χ2v) is 4.88. The highest BCUT2D eigenvalue weighted by molar-refractivity contribution is 6.55. The molecule has 0 unspecified atom stereocenters. The van der Waals surface area contributed by atoms with Gasteiger partial charge in [0.2, 0.25) is 0 Å². The molecule has 0 atom stereocenters. The second kappa shape index (κ2) is 5.55. The number of halogens is 2. The van der Waals surface area contributed by atoms with Crippen molar-refractivity contribution in [2.45, 2.75) is 24.6 Å². The number of hydrogen-bond acceptors (Lipinski definition) is 2. The van der Waals surface area contributed by atoms with Crippen LogP contribution < -0.4 is 4.74 Å². The lowest BCUT2D eigenvalue weighted by atomic mass is 9.99. The summed E-state index contributed by atoms with van der Waals surface area (Å²) < 4.78 is 5.11. The van der Waals surface area contributed by atoms with E-state index in [1.165, 1.54) is 7.11 Å². The number of carbonyl (C=O) groups excluding carboxylic acids is 1. The van der Waals surface area contributed by atoms with Crippen molar-refractivity contribution < 1.29 is 9.53 Å². The summed E-state index contributed by atoms with van der Waals surface area (Å²) >= 11 is 11.2. The van der Waals surface area contributed by atoms with Gasteiger partial charge < -0.3 is 4.74 Å². The third-order valence-electron chi connectivity index (χ3n) is 2.35.